The van der Waals surface area contributed by atoms with Crippen LogP contribution in [0.25, 0.3) is 0 Å². The van der Waals surface area contributed by atoms with Crippen molar-refractivity contribution in [1.82, 2.24) is 5.32 Å². The van der Waals surface area contributed by atoms with Gasteiger partial charge in [0.2, 0.25) is 5.91 Å². The van der Waals surface area contributed by atoms with Crippen LogP contribution in [-0.4, -0.2) is 46.9 Å². The standard InChI is InChI=1S/C44H87NO5/c1-4-7-10-13-16-18-20-21-22-23-25-28-31-34-37-44(49)50-40(35-32-29-26-15-12-9-6-3)38-43(48)45-41(39-46)42(47)36-33-30-27-24-19-17-14-11-8-5-2/h40-42,46-47H,4-39H2,1-3H3,(H,45,48). The molecule has 0 heterocycles. The Morgan fingerprint density at radius 1 is 0.500 bits per heavy atom. The maximum absolute atomic E-state index is 13.0. The minimum absolute atomic E-state index is 0.0851. The van der Waals surface area contributed by atoms with Crippen LogP contribution >= 0.6 is 0 Å². The lowest BCUT2D eigenvalue weighted by Crippen LogP contribution is -2.46. The van der Waals surface area contributed by atoms with Crippen LogP contribution < -0.4 is 5.32 Å². The monoisotopic (exact) mass is 710 g/mol. The van der Waals surface area contributed by atoms with E-state index < -0.39 is 18.2 Å². The molecule has 0 saturated heterocycles. The fourth-order valence-electron chi connectivity index (χ4n) is 7.02. The quantitative estimate of drug-likeness (QED) is 0.0435. The smallest absolute Gasteiger partial charge is 0.306 e. The van der Waals surface area contributed by atoms with Gasteiger partial charge in [-0.2, -0.15) is 0 Å². The van der Waals surface area contributed by atoms with Gasteiger partial charge in [-0.25, -0.2) is 0 Å². The first-order valence-corrected chi connectivity index (χ1v) is 22.3. The molecule has 0 saturated carbocycles. The lowest BCUT2D eigenvalue weighted by Gasteiger charge is -2.24. The number of aliphatic hydroxyl groups is 2. The largest absolute Gasteiger partial charge is 0.462 e. The second kappa shape index (κ2) is 39.1. The number of hydrogen-bond donors (Lipinski definition) is 3. The van der Waals surface area contributed by atoms with E-state index in [1.807, 2.05) is 0 Å². The van der Waals surface area contributed by atoms with E-state index in [9.17, 15) is 19.8 Å². The summed E-state index contributed by atoms with van der Waals surface area (Å²) < 4.78 is 5.87. The Hall–Kier alpha value is -1.14. The molecule has 6 nitrogen and oxygen atoms in total. The van der Waals surface area contributed by atoms with E-state index >= 15 is 0 Å². The summed E-state index contributed by atoms with van der Waals surface area (Å²) in [6, 6.07) is -0.688. The van der Waals surface area contributed by atoms with Crippen LogP contribution in [-0.2, 0) is 14.3 Å². The fraction of sp³-hybridized carbons (Fsp3) is 0.955. The predicted molar refractivity (Wildman–Crippen MR) is 214 cm³/mol. The first kappa shape index (κ1) is 48.9. The van der Waals surface area contributed by atoms with Gasteiger partial charge in [-0.05, 0) is 25.7 Å². The Labute approximate surface area is 311 Å². The minimum atomic E-state index is -0.776. The van der Waals surface area contributed by atoms with E-state index in [4.69, 9.17) is 4.74 Å². The van der Waals surface area contributed by atoms with E-state index in [1.54, 1.807) is 0 Å². The van der Waals surface area contributed by atoms with Crippen LogP contribution in [0.15, 0.2) is 0 Å². The molecule has 3 atom stereocenters. The molecule has 0 radical (unpaired) electrons. The lowest BCUT2D eigenvalue weighted by molar-refractivity contribution is -0.151. The van der Waals surface area contributed by atoms with Gasteiger partial charge < -0.3 is 20.3 Å². The molecule has 0 aromatic carbocycles. The second-order valence-electron chi connectivity index (χ2n) is 15.5. The Morgan fingerprint density at radius 2 is 0.840 bits per heavy atom. The van der Waals surface area contributed by atoms with Gasteiger partial charge in [-0.1, -0.05) is 207 Å². The summed E-state index contributed by atoms with van der Waals surface area (Å²) in [4.78, 5) is 25.8. The van der Waals surface area contributed by atoms with Crippen molar-refractivity contribution >= 4 is 11.9 Å². The Morgan fingerprint density at radius 3 is 1.22 bits per heavy atom. The van der Waals surface area contributed by atoms with Crippen molar-refractivity contribution in [3.8, 4) is 0 Å². The van der Waals surface area contributed by atoms with Gasteiger partial charge in [0.15, 0.2) is 0 Å². The normalized spacial score (nSPS) is 13.3. The average molecular weight is 710 g/mol. The highest BCUT2D eigenvalue weighted by Crippen LogP contribution is 2.18. The fourth-order valence-corrected chi connectivity index (χ4v) is 7.02. The summed E-state index contributed by atoms with van der Waals surface area (Å²) in [7, 11) is 0. The van der Waals surface area contributed by atoms with Crippen LogP contribution in [0.4, 0.5) is 0 Å². The summed E-state index contributed by atoms with van der Waals surface area (Å²) in [5.41, 5.74) is 0. The molecule has 0 aromatic heterocycles. The molecular formula is C44H87NO5. The Bertz CT molecular complexity index is 717. The van der Waals surface area contributed by atoms with Gasteiger partial charge in [0, 0.05) is 6.42 Å². The molecule has 0 aliphatic heterocycles. The van der Waals surface area contributed by atoms with Crippen molar-refractivity contribution in [1.29, 1.82) is 0 Å². The molecule has 50 heavy (non-hydrogen) atoms. The zero-order chi connectivity index (χ0) is 36.8. The third-order valence-electron chi connectivity index (χ3n) is 10.4. The number of carbonyl (C=O) groups is 2. The van der Waals surface area contributed by atoms with Gasteiger partial charge >= 0.3 is 5.97 Å². The van der Waals surface area contributed by atoms with Crippen molar-refractivity contribution in [2.45, 2.75) is 264 Å². The van der Waals surface area contributed by atoms with E-state index in [0.29, 0.717) is 19.3 Å². The van der Waals surface area contributed by atoms with Gasteiger partial charge in [-0.15, -0.1) is 0 Å². The molecule has 0 aliphatic rings. The number of esters is 1. The molecule has 298 valence electrons. The molecule has 0 spiro atoms. The van der Waals surface area contributed by atoms with Crippen LogP contribution in [0, 0.1) is 0 Å². The number of rotatable bonds is 40. The predicted octanol–water partition coefficient (Wildman–Crippen LogP) is 12.4. The number of ether oxygens (including phenoxy) is 1. The number of nitrogens with one attached hydrogen (secondary N) is 1. The maximum Gasteiger partial charge on any atom is 0.306 e. The molecule has 0 bridgehead atoms. The van der Waals surface area contributed by atoms with E-state index in [-0.39, 0.29) is 24.9 Å². The van der Waals surface area contributed by atoms with Gasteiger partial charge in [0.25, 0.3) is 0 Å². The first-order valence-electron chi connectivity index (χ1n) is 22.3. The van der Waals surface area contributed by atoms with Crippen LogP contribution in [0.5, 0.6) is 0 Å². The van der Waals surface area contributed by atoms with Gasteiger partial charge in [0.05, 0.1) is 25.2 Å². The highest BCUT2D eigenvalue weighted by atomic mass is 16.5. The second-order valence-corrected chi connectivity index (χ2v) is 15.5. The molecule has 1 amide bonds. The summed E-state index contributed by atoms with van der Waals surface area (Å²) in [6.07, 6.45) is 38.9. The molecule has 0 fully saturated rings. The zero-order valence-electron chi connectivity index (χ0n) is 33.8. The zero-order valence-corrected chi connectivity index (χ0v) is 33.8. The van der Waals surface area contributed by atoms with Gasteiger partial charge in [0.1, 0.15) is 6.10 Å². The minimum Gasteiger partial charge on any atom is -0.462 e. The number of aliphatic hydroxyl groups excluding tert-OH is 2. The third kappa shape index (κ3) is 34.0. The van der Waals surface area contributed by atoms with Crippen LogP contribution in [0.2, 0.25) is 0 Å². The van der Waals surface area contributed by atoms with Crippen molar-refractivity contribution in [2.75, 3.05) is 6.61 Å². The number of unbranched alkanes of at least 4 members (excludes halogenated alkanes) is 28. The third-order valence-corrected chi connectivity index (χ3v) is 10.4. The van der Waals surface area contributed by atoms with E-state index in [0.717, 1.165) is 44.9 Å². The Kier molecular flexibility index (Phi) is 38.2. The van der Waals surface area contributed by atoms with E-state index in [1.165, 1.54) is 154 Å². The summed E-state index contributed by atoms with van der Waals surface area (Å²) in [6.45, 7) is 6.44. The molecule has 0 rings (SSSR count). The SMILES string of the molecule is CCCCCCCCCCCCCCCCC(=O)OC(CCCCCCCCC)CC(=O)NC(CO)C(O)CCCCCCCCCCCC. The summed E-state index contributed by atoms with van der Waals surface area (Å²) in [5.74, 6) is -0.465. The number of amides is 1. The van der Waals surface area contributed by atoms with Crippen molar-refractivity contribution in [2.24, 2.45) is 0 Å². The van der Waals surface area contributed by atoms with Crippen molar-refractivity contribution < 1.29 is 24.5 Å². The molecule has 3 N–H and O–H groups in total. The van der Waals surface area contributed by atoms with Crippen molar-refractivity contribution in [3.05, 3.63) is 0 Å². The Balaban J connectivity index is 4.41. The molecule has 0 aromatic rings. The maximum atomic E-state index is 13.0. The van der Waals surface area contributed by atoms with Crippen LogP contribution in [0.3, 0.4) is 0 Å². The summed E-state index contributed by atoms with van der Waals surface area (Å²) in [5, 5.41) is 23.5. The van der Waals surface area contributed by atoms with Gasteiger partial charge in [-0.3, -0.25) is 9.59 Å². The molecule has 0 aliphatic carbocycles. The topological polar surface area (TPSA) is 95.9 Å². The first-order chi connectivity index (χ1) is 24.5. The van der Waals surface area contributed by atoms with Crippen molar-refractivity contribution in [3.63, 3.8) is 0 Å². The lowest BCUT2D eigenvalue weighted by atomic mass is 10.0. The average Bonchev–Trinajstić information content (AvgIpc) is 3.10. The van der Waals surface area contributed by atoms with E-state index in [2.05, 4.69) is 26.1 Å². The number of carbonyl (C=O) groups excluding carboxylic acids is 2. The highest BCUT2D eigenvalue weighted by molar-refractivity contribution is 5.77. The molecule has 3 unspecified atom stereocenters. The number of hydrogen-bond acceptors (Lipinski definition) is 5. The highest BCUT2D eigenvalue weighted by Gasteiger charge is 2.24. The molecule has 6 heteroatoms. The summed E-state index contributed by atoms with van der Waals surface area (Å²) >= 11 is 0. The molecular weight excluding hydrogens is 622 g/mol. The van der Waals surface area contributed by atoms with Crippen LogP contribution in [0.1, 0.15) is 245 Å².